The molecule has 4 nitrogen and oxygen atoms in total. The summed E-state index contributed by atoms with van der Waals surface area (Å²) in [4.78, 5) is 14.1. The van der Waals surface area contributed by atoms with Gasteiger partial charge in [-0.05, 0) is 59.0 Å². The van der Waals surface area contributed by atoms with Gasteiger partial charge in [-0.15, -0.1) is 0 Å². The van der Waals surface area contributed by atoms with Gasteiger partial charge in [0.15, 0.2) is 0 Å². The van der Waals surface area contributed by atoms with Crippen LogP contribution in [0.1, 0.15) is 59.8 Å². The molecule has 0 radical (unpaired) electrons. The molecule has 112 valence electrons. The van der Waals surface area contributed by atoms with Gasteiger partial charge in [0.25, 0.3) is 0 Å². The minimum Gasteiger partial charge on any atom is -0.480 e. The smallest absolute Gasteiger partial charge is 0.323 e. The molecule has 19 heavy (non-hydrogen) atoms. The molecule has 4 heteroatoms. The van der Waals surface area contributed by atoms with Crippen molar-refractivity contribution in [1.82, 2.24) is 10.2 Å². The highest BCUT2D eigenvalue weighted by molar-refractivity contribution is 5.78. The summed E-state index contributed by atoms with van der Waals surface area (Å²) in [5.41, 5.74) is -0.753. The number of rotatable bonds is 10. The standard InChI is InChI=1S/C15H30N2O2/c1-5-15(14(18)19,16-12(3)4)10-7-11-17(6-2)13-8-9-13/h12-13,16H,5-11H2,1-4H3,(H,18,19). The number of nitrogens with zero attached hydrogens (tertiary/aromatic N) is 1. The predicted molar refractivity (Wildman–Crippen MR) is 78.4 cm³/mol. The van der Waals surface area contributed by atoms with E-state index in [9.17, 15) is 9.90 Å². The molecule has 0 heterocycles. The number of hydrogen-bond acceptors (Lipinski definition) is 3. The molecule has 1 aliphatic carbocycles. The molecule has 0 aromatic carbocycles. The van der Waals surface area contributed by atoms with Gasteiger partial charge in [0, 0.05) is 12.1 Å². The maximum Gasteiger partial charge on any atom is 0.323 e. The van der Waals surface area contributed by atoms with E-state index in [1.165, 1.54) is 12.8 Å². The summed E-state index contributed by atoms with van der Waals surface area (Å²) >= 11 is 0. The monoisotopic (exact) mass is 270 g/mol. The molecule has 0 bridgehead atoms. The van der Waals surface area contributed by atoms with Crippen LogP contribution in [0.5, 0.6) is 0 Å². The molecule has 0 saturated heterocycles. The highest BCUT2D eigenvalue weighted by Gasteiger charge is 2.37. The Labute approximate surface area is 117 Å². The van der Waals surface area contributed by atoms with Crippen molar-refractivity contribution in [3.05, 3.63) is 0 Å². The van der Waals surface area contributed by atoms with Crippen LogP contribution in [0.4, 0.5) is 0 Å². The van der Waals surface area contributed by atoms with Gasteiger partial charge < -0.3 is 10.0 Å². The Hall–Kier alpha value is -0.610. The van der Waals surface area contributed by atoms with Gasteiger partial charge in [0.1, 0.15) is 5.54 Å². The van der Waals surface area contributed by atoms with Crippen LogP contribution in [0.15, 0.2) is 0 Å². The second kappa shape index (κ2) is 7.25. The van der Waals surface area contributed by atoms with E-state index in [1.807, 2.05) is 20.8 Å². The molecule has 1 rings (SSSR count). The van der Waals surface area contributed by atoms with Gasteiger partial charge >= 0.3 is 5.97 Å². The zero-order chi connectivity index (χ0) is 14.5. The lowest BCUT2D eigenvalue weighted by atomic mass is 9.89. The molecule has 1 fully saturated rings. The molecule has 2 N–H and O–H groups in total. The lowest BCUT2D eigenvalue weighted by Gasteiger charge is -2.32. The topological polar surface area (TPSA) is 52.6 Å². The molecular weight excluding hydrogens is 240 g/mol. The average Bonchev–Trinajstić information content (AvgIpc) is 3.16. The number of carboxylic acids is 1. The third kappa shape index (κ3) is 4.77. The van der Waals surface area contributed by atoms with E-state index >= 15 is 0 Å². The van der Waals surface area contributed by atoms with E-state index < -0.39 is 11.5 Å². The summed E-state index contributed by atoms with van der Waals surface area (Å²) in [6.45, 7) is 10.3. The molecule has 1 saturated carbocycles. The molecule has 1 aliphatic rings. The van der Waals surface area contributed by atoms with Crippen LogP contribution in [-0.2, 0) is 4.79 Å². The van der Waals surface area contributed by atoms with Gasteiger partial charge in [0.05, 0.1) is 0 Å². The van der Waals surface area contributed by atoms with E-state index in [4.69, 9.17) is 0 Å². The maximum absolute atomic E-state index is 11.6. The van der Waals surface area contributed by atoms with Crippen LogP contribution in [0.3, 0.4) is 0 Å². The molecular formula is C15H30N2O2. The molecule has 0 amide bonds. The van der Waals surface area contributed by atoms with E-state index in [1.54, 1.807) is 0 Å². The summed E-state index contributed by atoms with van der Waals surface area (Å²) in [5, 5.41) is 12.8. The number of aliphatic carboxylic acids is 1. The number of nitrogens with one attached hydrogen (secondary N) is 1. The molecule has 0 spiro atoms. The van der Waals surface area contributed by atoms with Gasteiger partial charge in [-0.2, -0.15) is 0 Å². The van der Waals surface area contributed by atoms with E-state index in [2.05, 4.69) is 17.1 Å². The van der Waals surface area contributed by atoms with Crippen LogP contribution >= 0.6 is 0 Å². The van der Waals surface area contributed by atoms with Crippen molar-refractivity contribution < 1.29 is 9.90 Å². The molecule has 1 unspecified atom stereocenters. The largest absolute Gasteiger partial charge is 0.480 e. The third-order valence-corrected chi connectivity index (χ3v) is 4.10. The normalized spacial score (nSPS) is 18.8. The van der Waals surface area contributed by atoms with Crippen LogP contribution in [-0.4, -0.2) is 46.7 Å². The van der Waals surface area contributed by atoms with Crippen LogP contribution in [0.25, 0.3) is 0 Å². The van der Waals surface area contributed by atoms with Gasteiger partial charge in [0.2, 0.25) is 0 Å². The summed E-state index contributed by atoms with van der Waals surface area (Å²) in [5.74, 6) is -0.710. The molecule has 0 aromatic heterocycles. The highest BCUT2D eigenvalue weighted by Crippen LogP contribution is 2.27. The summed E-state index contributed by atoms with van der Waals surface area (Å²) < 4.78 is 0. The first-order valence-electron chi connectivity index (χ1n) is 7.70. The Morgan fingerprint density at radius 1 is 1.42 bits per heavy atom. The van der Waals surface area contributed by atoms with E-state index in [0.29, 0.717) is 12.8 Å². The fraction of sp³-hybridized carbons (Fsp3) is 0.933. The number of carbonyl (C=O) groups is 1. The zero-order valence-corrected chi connectivity index (χ0v) is 12.9. The van der Waals surface area contributed by atoms with Gasteiger partial charge in [-0.25, -0.2) is 0 Å². The molecule has 0 aromatic rings. The minimum atomic E-state index is -0.753. The Kier molecular flexibility index (Phi) is 6.27. The van der Waals surface area contributed by atoms with Gasteiger partial charge in [-0.3, -0.25) is 10.1 Å². The van der Waals surface area contributed by atoms with Crippen molar-refractivity contribution in [2.75, 3.05) is 13.1 Å². The average molecular weight is 270 g/mol. The zero-order valence-electron chi connectivity index (χ0n) is 12.9. The second-order valence-corrected chi connectivity index (χ2v) is 6.00. The third-order valence-electron chi connectivity index (χ3n) is 4.10. The fourth-order valence-corrected chi connectivity index (χ4v) is 2.85. The van der Waals surface area contributed by atoms with Crippen molar-refractivity contribution in [3.8, 4) is 0 Å². The maximum atomic E-state index is 11.6. The summed E-state index contributed by atoms with van der Waals surface area (Å²) in [7, 11) is 0. The van der Waals surface area contributed by atoms with Gasteiger partial charge in [-0.1, -0.05) is 13.8 Å². The SMILES string of the molecule is CCN(CCCC(CC)(NC(C)C)C(=O)O)C1CC1. The van der Waals surface area contributed by atoms with Crippen molar-refractivity contribution in [2.45, 2.75) is 77.4 Å². The van der Waals surface area contributed by atoms with Crippen molar-refractivity contribution in [1.29, 1.82) is 0 Å². The number of hydrogen-bond donors (Lipinski definition) is 2. The Bertz CT molecular complexity index is 290. The quantitative estimate of drug-likeness (QED) is 0.640. The first-order chi connectivity index (χ1) is 8.95. The van der Waals surface area contributed by atoms with Crippen molar-refractivity contribution >= 4 is 5.97 Å². The first-order valence-corrected chi connectivity index (χ1v) is 7.70. The molecule has 0 aliphatic heterocycles. The minimum absolute atomic E-state index is 0.196. The van der Waals surface area contributed by atoms with Crippen LogP contribution in [0.2, 0.25) is 0 Å². The lowest BCUT2D eigenvalue weighted by molar-refractivity contribution is -0.145. The van der Waals surface area contributed by atoms with Crippen molar-refractivity contribution in [2.24, 2.45) is 0 Å². The Balaban J connectivity index is 2.49. The van der Waals surface area contributed by atoms with E-state index in [-0.39, 0.29) is 6.04 Å². The summed E-state index contributed by atoms with van der Waals surface area (Å²) in [6.07, 6.45) is 4.92. The predicted octanol–water partition coefficient (Wildman–Crippen LogP) is 2.48. The molecule has 1 atom stereocenters. The van der Waals surface area contributed by atoms with E-state index in [0.717, 1.165) is 25.6 Å². The second-order valence-electron chi connectivity index (χ2n) is 6.00. The van der Waals surface area contributed by atoms with Crippen LogP contribution < -0.4 is 5.32 Å². The highest BCUT2D eigenvalue weighted by atomic mass is 16.4. The fourth-order valence-electron chi connectivity index (χ4n) is 2.85. The van der Waals surface area contributed by atoms with Crippen LogP contribution in [0, 0.1) is 0 Å². The lowest BCUT2D eigenvalue weighted by Crippen LogP contribution is -2.54. The van der Waals surface area contributed by atoms with Crippen molar-refractivity contribution in [3.63, 3.8) is 0 Å². The Morgan fingerprint density at radius 2 is 2.05 bits per heavy atom. The number of carboxylic acid groups (broad SMARTS) is 1. The summed E-state index contributed by atoms with van der Waals surface area (Å²) in [6, 6.07) is 0.964. The Morgan fingerprint density at radius 3 is 2.42 bits per heavy atom. The first kappa shape index (κ1) is 16.4.